The Morgan fingerprint density at radius 1 is 1.39 bits per heavy atom. The first kappa shape index (κ1) is 13.1. The fraction of sp³-hybridized carbons (Fsp3) is 0.600. The molecule has 2 rings (SSSR count). The molecule has 1 fully saturated rings. The Hall–Kier alpha value is -1.38. The van der Waals surface area contributed by atoms with Gasteiger partial charge in [0.15, 0.2) is 0 Å². The number of anilines is 2. The average molecular weight is 248 g/mol. The minimum Gasteiger partial charge on any atom is -0.497 e. The molecule has 18 heavy (non-hydrogen) atoms. The maximum Gasteiger partial charge on any atom is 0.121 e. The van der Waals surface area contributed by atoms with Gasteiger partial charge >= 0.3 is 0 Å². The fourth-order valence-corrected chi connectivity index (χ4v) is 2.81. The third-order valence-electron chi connectivity index (χ3n) is 3.89. The van der Waals surface area contributed by atoms with Gasteiger partial charge in [-0.2, -0.15) is 0 Å². The molecule has 3 heteroatoms. The lowest BCUT2D eigenvalue weighted by molar-refractivity contribution is 0.293. The van der Waals surface area contributed by atoms with Crippen molar-refractivity contribution in [1.82, 2.24) is 0 Å². The van der Waals surface area contributed by atoms with Crippen LogP contribution in [0.3, 0.4) is 0 Å². The second-order valence-electron chi connectivity index (χ2n) is 5.47. The maximum atomic E-state index is 5.97. The fourth-order valence-electron chi connectivity index (χ4n) is 2.81. The third kappa shape index (κ3) is 3.31. The van der Waals surface area contributed by atoms with Crippen LogP contribution in [0, 0.1) is 11.8 Å². The highest BCUT2D eigenvalue weighted by molar-refractivity contribution is 5.68. The van der Waals surface area contributed by atoms with Gasteiger partial charge in [0, 0.05) is 12.6 Å². The Kier molecular flexibility index (Phi) is 4.34. The Bertz CT molecular complexity index is 392. The van der Waals surface area contributed by atoms with Crippen LogP contribution >= 0.6 is 0 Å². The van der Waals surface area contributed by atoms with Crippen LogP contribution < -0.4 is 15.8 Å². The van der Waals surface area contributed by atoms with Gasteiger partial charge < -0.3 is 15.8 Å². The van der Waals surface area contributed by atoms with Gasteiger partial charge in [0.05, 0.1) is 18.5 Å². The van der Waals surface area contributed by atoms with Crippen molar-refractivity contribution in [1.29, 1.82) is 0 Å². The van der Waals surface area contributed by atoms with E-state index in [0.717, 1.165) is 35.5 Å². The van der Waals surface area contributed by atoms with Crippen molar-refractivity contribution in [3.8, 4) is 5.75 Å². The van der Waals surface area contributed by atoms with Gasteiger partial charge in [-0.25, -0.2) is 0 Å². The van der Waals surface area contributed by atoms with E-state index in [2.05, 4.69) is 12.2 Å². The number of benzene rings is 1. The van der Waals surface area contributed by atoms with Gasteiger partial charge in [0.2, 0.25) is 0 Å². The van der Waals surface area contributed by atoms with Gasteiger partial charge in [-0.1, -0.05) is 19.8 Å². The van der Waals surface area contributed by atoms with Crippen LogP contribution in [0.1, 0.15) is 32.6 Å². The molecule has 0 heterocycles. The number of hydrogen-bond donors (Lipinski definition) is 2. The topological polar surface area (TPSA) is 47.3 Å². The summed E-state index contributed by atoms with van der Waals surface area (Å²) in [7, 11) is 1.68. The lowest BCUT2D eigenvalue weighted by Crippen LogP contribution is -2.21. The molecule has 100 valence electrons. The summed E-state index contributed by atoms with van der Waals surface area (Å²) in [5.74, 6) is 2.50. The molecular weight excluding hydrogens is 224 g/mol. The van der Waals surface area contributed by atoms with E-state index in [0.29, 0.717) is 0 Å². The normalized spacial score (nSPS) is 23.7. The summed E-state index contributed by atoms with van der Waals surface area (Å²) in [4.78, 5) is 0. The SMILES string of the molecule is COc1ccc(N)c(NCC2CCCC(C)C2)c1. The van der Waals surface area contributed by atoms with Crippen LogP contribution in [0.25, 0.3) is 0 Å². The van der Waals surface area contributed by atoms with Crippen LogP contribution in [0.4, 0.5) is 11.4 Å². The minimum absolute atomic E-state index is 0.777. The molecule has 1 saturated carbocycles. The highest BCUT2D eigenvalue weighted by atomic mass is 16.5. The van der Waals surface area contributed by atoms with Crippen LogP contribution in [0.15, 0.2) is 18.2 Å². The van der Waals surface area contributed by atoms with Crippen molar-refractivity contribution < 1.29 is 4.74 Å². The van der Waals surface area contributed by atoms with E-state index < -0.39 is 0 Å². The molecule has 1 aromatic carbocycles. The molecular formula is C15H24N2O. The summed E-state index contributed by atoms with van der Waals surface area (Å²) in [5, 5.41) is 3.47. The summed E-state index contributed by atoms with van der Waals surface area (Å²) in [6, 6.07) is 5.76. The molecule has 0 radical (unpaired) electrons. The molecule has 0 aliphatic heterocycles. The van der Waals surface area contributed by atoms with Crippen LogP contribution in [-0.2, 0) is 0 Å². The van der Waals surface area contributed by atoms with E-state index in [-0.39, 0.29) is 0 Å². The molecule has 3 N–H and O–H groups in total. The van der Waals surface area contributed by atoms with Gasteiger partial charge in [0.1, 0.15) is 5.75 Å². The molecule has 1 aliphatic carbocycles. The van der Waals surface area contributed by atoms with Crippen molar-refractivity contribution in [2.45, 2.75) is 32.6 Å². The summed E-state index contributed by atoms with van der Waals surface area (Å²) >= 11 is 0. The highest BCUT2D eigenvalue weighted by Crippen LogP contribution is 2.30. The zero-order valence-electron chi connectivity index (χ0n) is 11.4. The van der Waals surface area contributed by atoms with Gasteiger partial charge in [-0.05, 0) is 36.8 Å². The minimum atomic E-state index is 0.777. The van der Waals surface area contributed by atoms with Crippen molar-refractivity contribution in [3.63, 3.8) is 0 Å². The standard InChI is InChI=1S/C15H24N2O/c1-11-4-3-5-12(8-11)10-17-15-9-13(18-2)6-7-14(15)16/h6-7,9,11-12,17H,3-5,8,10,16H2,1-2H3. The number of nitrogen functional groups attached to an aromatic ring is 1. The molecule has 2 unspecified atom stereocenters. The zero-order valence-corrected chi connectivity index (χ0v) is 11.4. The van der Waals surface area contributed by atoms with Gasteiger partial charge in [-0.3, -0.25) is 0 Å². The Morgan fingerprint density at radius 2 is 2.22 bits per heavy atom. The number of methoxy groups -OCH3 is 1. The van der Waals surface area contributed by atoms with Crippen molar-refractivity contribution in [2.24, 2.45) is 11.8 Å². The molecule has 0 saturated heterocycles. The molecule has 3 nitrogen and oxygen atoms in total. The molecule has 1 aliphatic rings. The number of hydrogen-bond acceptors (Lipinski definition) is 3. The predicted octanol–water partition coefficient (Wildman–Crippen LogP) is 3.52. The quantitative estimate of drug-likeness (QED) is 0.801. The first-order chi connectivity index (χ1) is 8.69. The second kappa shape index (κ2) is 5.98. The zero-order chi connectivity index (χ0) is 13.0. The van der Waals surface area contributed by atoms with Crippen LogP contribution in [0.5, 0.6) is 5.75 Å². The first-order valence-electron chi connectivity index (χ1n) is 6.86. The van der Waals surface area contributed by atoms with Crippen LogP contribution in [-0.4, -0.2) is 13.7 Å². The van der Waals surface area contributed by atoms with E-state index in [9.17, 15) is 0 Å². The highest BCUT2D eigenvalue weighted by Gasteiger charge is 2.18. The van der Waals surface area contributed by atoms with Crippen LogP contribution in [0.2, 0.25) is 0 Å². The summed E-state index contributed by atoms with van der Waals surface area (Å²) in [5.41, 5.74) is 7.75. The molecule has 0 aromatic heterocycles. The Labute approximate surface area is 110 Å². The summed E-state index contributed by atoms with van der Waals surface area (Å²) in [6.45, 7) is 3.37. The second-order valence-corrected chi connectivity index (χ2v) is 5.47. The predicted molar refractivity (Wildman–Crippen MR) is 77.0 cm³/mol. The smallest absolute Gasteiger partial charge is 0.121 e. The van der Waals surface area contributed by atoms with Crippen molar-refractivity contribution in [2.75, 3.05) is 24.7 Å². The maximum absolute atomic E-state index is 5.97. The number of nitrogens with two attached hydrogens (primary N) is 1. The van der Waals surface area contributed by atoms with E-state index in [4.69, 9.17) is 10.5 Å². The summed E-state index contributed by atoms with van der Waals surface area (Å²) < 4.78 is 5.22. The first-order valence-corrected chi connectivity index (χ1v) is 6.86. The molecule has 2 atom stereocenters. The lowest BCUT2D eigenvalue weighted by atomic mass is 9.82. The third-order valence-corrected chi connectivity index (χ3v) is 3.89. The van der Waals surface area contributed by atoms with E-state index in [1.165, 1.54) is 25.7 Å². The summed E-state index contributed by atoms with van der Waals surface area (Å²) in [6.07, 6.45) is 5.41. The average Bonchev–Trinajstić information content (AvgIpc) is 2.38. The van der Waals surface area contributed by atoms with Crippen molar-refractivity contribution >= 4 is 11.4 Å². The number of ether oxygens (including phenoxy) is 1. The van der Waals surface area contributed by atoms with E-state index in [1.54, 1.807) is 7.11 Å². The van der Waals surface area contributed by atoms with Crippen molar-refractivity contribution in [3.05, 3.63) is 18.2 Å². The Balaban J connectivity index is 1.92. The monoisotopic (exact) mass is 248 g/mol. The van der Waals surface area contributed by atoms with Gasteiger partial charge in [0.25, 0.3) is 0 Å². The molecule has 0 bridgehead atoms. The molecule has 1 aromatic rings. The molecule has 0 spiro atoms. The van der Waals surface area contributed by atoms with E-state index in [1.807, 2.05) is 18.2 Å². The lowest BCUT2D eigenvalue weighted by Gasteiger charge is -2.27. The number of nitrogens with one attached hydrogen (secondary N) is 1. The number of rotatable bonds is 4. The van der Waals surface area contributed by atoms with E-state index >= 15 is 0 Å². The Morgan fingerprint density at radius 3 is 2.94 bits per heavy atom. The molecule has 0 amide bonds. The van der Waals surface area contributed by atoms with Gasteiger partial charge in [-0.15, -0.1) is 0 Å². The largest absolute Gasteiger partial charge is 0.497 e.